The number of hydrogen-bond donors (Lipinski definition) is 2. The third kappa shape index (κ3) is 3.68. The fourth-order valence-corrected chi connectivity index (χ4v) is 3.23. The molecule has 0 aromatic heterocycles. The van der Waals surface area contributed by atoms with E-state index in [1.807, 2.05) is 5.32 Å². The summed E-state index contributed by atoms with van der Waals surface area (Å²) in [5.74, 6) is -2.92. The van der Waals surface area contributed by atoms with Gasteiger partial charge in [0.05, 0.1) is 11.7 Å². The summed E-state index contributed by atoms with van der Waals surface area (Å²) in [7, 11) is 1.65. The van der Waals surface area contributed by atoms with Crippen LogP contribution in [0.1, 0.15) is 20.8 Å². The molecule has 3 atom stereocenters. The van der Waals surface area contributed by atoms with Crippen LogP contribution in [0.25, 0.3) is 0 Å². The second-order valence-corrected chi connectivity index (χ2v) is 7.04. The minimum Gasteiger partial charge on any atom is -0.343 e. The van der Waals surface area contributed by atoms with Crippen molar-refractivity contribution in [3.8, 4) is 0 Å². The highest BCUT2D eigenvalue weighted by Gasteiger charge is 2.51. The van der Waals surface area contributed by atoms with Gasteiger partial charge >= 0.3 is 12.1 Å². The van der Waals surface area contributed by atoms with Gasteiger partial charge in [0.2, 0.25) is 0 Å². The van der Waals surface area contributed by atoms with E-state index in [9.17, 15) is 22.8 Å². The molecule has 1 aromatic carbocycles. The zero-order chi connectivity index (χ0) is 19.9. The Balaban J connectivity index is 2.27. The van der Waals surface area contributed by atoms with Gasteiger partial charge in [-0.2, -0.15) is 13.2 Å². The average molecular weight is 372 g/mol. The van der Waals surface area contributed by atoms with Crippen LogP contribution in [0.4, 0.5) is 18.9 Å². The van der Waals surface area contributed by atoms with Crippen molar-refractivity contribution in [1.82, 2.24) is 10.3 Å². The minimum atomic E-state index is -4.98. The highest BCUT2D eigenvalue weighted by Crippen LogP contribution is 2.33. The number of alkyl halides is 3. The van der Waals surface area contributed by atoms with Gasteiger partial charge in [-0.15, -0.1) is 0 Å². The first-order valence-electron chi connectivity index (χ1n) is 8.14. The van der Waals surface area contributed by atoms with E-state index in [4.69, 9.17) is 5.73 Å². The number of nitrogens with zero attached hydrogens (tertiary/aromatic N) is 2. The van der Waals surface area contributed by atoms with Crippen LogP contribution >= 0.6 is 0 Å². The largest absolute Gasteiger partial charge is 0.471 e. The molecule has 9 heteroatoms. The third-order valence-electron chi connectivity index (χ3n) is 4.95. The summed E-state index contributed by atoms with van der Waals surface area (Å²) < 4.78 is 37.8. The van der Waals surface area contributed by atoms with Crippen molar-refractivity contribution in [3.63, 3.8) is 0 Å². The summed E-state index contributed by atoms with van der Waals surface area (Å²) in [5, 5.41) is 5.04. The molecule has 1 fully saturated rings. The van der Waals surface area contributed by atoms with Crippen LogP contribution in [0, 0.1) is 5.92 Å². The quantitative estimate of drug-likeness (QED) is 0.843. The number of nitrogens with two attached hydrogens (primary N) is 1. The van der Waals surface area contributed by atoms with E-state index < -0.39 is 35.6 Å². The smallest absolute Gasteiger partial charge is 0.343 e. The van der Waals surface area contributed by atoms with Crippen molar-refractivity contribution in [2.45, 2.75) is 44.6 Å². The molecular weight excluding hydrogens is 349 g/mol. The number of rotatable bonds is 4. The number of para-hydroxylation sites is 1. The molecule has 2 rings (SSSR count). The monoisotopic (exact) mass is 372 g/mol. The first-order chi connectivity index (χ1) is 11.9. The molecule has 0 aliphatic carbocycles. The van der Waals surface area contributed by atoms with Crippen LogP contribution in [0.2, 0.25) is 0 Å². The molecular formula is C17H23F3N4O2. The van der Waals surface area contributed by atoms with Crippen molar-refractivity contribution in [2.75, 3.05) is 12.1 Å². The maximum absolute atomic E-state index is 12.6. The maximum atomic E-state index is 12.6. The Morgan fingerprint density at radius 3 is 2.27 bits per heavy atom. The zero-order valence-corrected chi connectivity index (χ0v) is 15.0. The molecule has 6 nitrogen and oxygen atoms in total. The van der Waals surface area contributed by atoms with Crippen molar-refractivity contribution < 1.29 is 22.8 Å². The Bertz CT molecular complexity index is 678. The van der Waals surface area contributed by atoms with Crippen LogP contribution in [0.5, 0.6) is 0 Å². The average Bonchev–Trinajstić information content (AvgIpc) is 2.76. The number of nitrogens with one attached hydrogen (secondary N) is 1. The fourth-order valence-electron chi connectivity index (χ4n) is 3.23. The summed E-state index contributed by atoms with van der Waals surface area (Å²) in [5.41, 5.74) is 5.46. The lowest BCUT2D eigenvalue weighted by molar-refractivity contribution is -0.176. The predicted molar refractivity (Wildman–Crippen MR) is 90.9 cm³/mol. The Hall–Kier alpha value is -2.13. The van der Waals surface area contributed by atoms with Gasteiger partial charge in [-0.05, 0) is 31.9 Å². The van der Waals surface area contributed by atoms with Gasteiger partial charge in [-0.3, -0.25) is 9.59 Å². The molecule has 1 aromatic rings. The predicted octanol–water partition coefficient (Wildman–Crippen LogP) is 1.67. The van der Waals surface area contributed by atoms with E-state index in [1.165, 1.54) is 18.9 Å². The van der Waals surface area contributed by atoms with Crippen LogP contribution in [-0.4, -0.2) is 47.7 Å². The van der Waals surface area contributed by atoms with E-state index >= 15 is 0 Å². The molecule has 1 aliphatic rings. The lowest BCUT2D eigenvalue weighted by Crippen LogP contribution is -2.59. The van der Waals surface area contributed by atoms with Crippen molar-refractivity contribution >= 4 is 17.5 Å². The van der Waals surface area contributed by atoms with Gasteiger partial charge < -0.3 is 11.1 Å². The van der Waals surface area contributed by atoms with Crippen LogP contribution in [0.15, 0.2) is 30.3 Å². The molecule has 3 unspecified atom stereocenters. The van der Waals surface area contributed by atoms with Gasteiger partial charge in [-0.1, -0.05) is 25.1 Å². The number of likely N-dealkylation sites (N-methyl/N-ethyl adjacent to an activating group) is 1. The molecule has 2 amide bonds. The summed E-state index contributed by atoms with van der Waals surface area (Å²) >= 11 is 0. The standard InChI is InChI=1S/C17H23F3N4O2/c1-10(16(2,3)22-15(26)17(18,19)20)13-12(21)14(25)24(23(13)4)11-8-6-5-7-9-11/h5-10,12-13H,21H2,1-4H3,(H,22,26). The first kappa shape index (κ1) is 20.2. The molecule has 1 heterocycles. The lowest BCUT2D eigenvalue weighted by Gasteiger charge is -2.40. The van der Waals surface area contributed by atoms with Crippen molar-refractivity contribution in [1.29, 1.82) is 0 Å². The van der Waals surface area contributed by atoms with Gasteiger partial charge in [-0.25, -0.2) is 10.0 Å². The van der Waals surface area contributed by atoms with Crippen LogP contribution in [0.3, 0.4) is 0 Å². The SMILES string of the molecule is CC(C1C(N)C(=O)N(c2ccccc2)N1C)C(C)(C)NC(=O)C(F)(F)F. The van der Waals surface area contributed by atoms with Gasteiger partial charge in [0.15, 0.2) is 0 Å². The highest BCUT2D eigenvalue weighted by atomic mass is 19.4. The van der Waals surface area contributed by atoms with E-state index in [1.54, 1.807) is 49.3 Å². The Morgan fingerprint density at radius 1 is 1.23 bits per heavy atom. The second kappa shape index (κ2) is 6.88. The number of amides is 2. The van der Waals surface area contributed by atoms with E-state index in [2.05, 4.69) is 0 Å². The van der Waals surface area contributed by atoms with E-state index in [0.717, 1.165) is 0 Å². The number of anilines is 1. The van der Waals surface area contributed by atoms with Crippen LogP contribution in [-0.2, 0) is 9.59 Å². The molecule has 144 valence electrons. The maximum Gasteiger partial charge on any atom is 0.471 e. The van der Waals surface area contributed by atoms with Crippen LogP contribution < -0.4 is 16.1 Å². The second-order valence-electron chi connectivity index (χ2n) is 7.04. The number of carbonyl (C=O) groups excluding carboxylic acids is 2. The number of halogens is 3. The summed E-state index contributed by atoms with van der Waals surface area (Å²) in [6, 6.07) is 7.30. The van der Waals surface area contributed by atoms with E-state index in [-0.39, 0.29) is 5.91 Å². The summed E-state index contributed by atoms with van der Waals surface area (Å²) in [6.07, 6.45) is -4.98. The normalized spacial score (nSPS) is 23.2. The molecule has 3 N–H and O–H groups in total. The van der Waals surface area contributed by atoms with Crippen molar-refractivity contribution in [2.24, 2.45) is 11.7 Å². The molecule has 0 bridgehead atoms. The summed E-state index contributed by atoms with van der Waals surface area (Å²) in [4.78, 5) is 24.0. The third-order valence-corrected chi connectivity index (χ3v) is 4.95. The number of hydrazine groups is 1. The molecule has 1 saturated heterocycles. The molecule has 1 aliphatic heterocycles. The highest BCUT2D eigenvalue weighted by molar-refractivity contribution is 5.99. The minimum absolute atomic E-state index is 0.353. The van der Waals surface area contributed by atoms with Gasteiger partial charge in [0.1, 0.15) is 6.04 Å². The zero-order valence-electron chi connectivity index (χ0n) is 15.0. The Labute approximate surface area is 150 Å². The number of hydrogen-bond acceptors (Lipinski definition) is 4. The summed E-state index contributed by atoms with van der Waals surface area (Å²) in [6.45, 7) is 4.63. The Morgan fingerprint density at radius 2 is 1.77 bits per heavy atom. The molecule has 0 spiro atoms. The number of benzene rings is 1. The Kier molecular flexibility index (Phi) is 5.34. The van der Waals surface area contributed by atoms with E-state index in [0.29, 0.717) is 5.69 Å². The molecule has 26 heavy (non-hydrogen) atoms. The molecule has 0 radical (unpaired) electrons. The lowest BCUT2D eigenvalue weighted by atomic mass is 9.80. The number of carbonyl (C=O) groups is 2. The topological polar surface area (TPSA) is 78.7 Å². The fraction of sp³-hybridized carbons (Fsp3) is 0.529. The molecule has 0 saturated carbocycles. The van der Waals surface area contributed by atoms with Gasteiger partial charge in [0, 0.05) is 12.6 Å². The van der Waals surface area contributed by atoms with Crippen molar-refractivity contribution in [3.05, 3.63) is 30.3 Å². The first-order valence-corrected chi connectivity index (χ1v) is 8.14. The van der Waals surface area contributed by atoms with Gasteiger partial charge in [0.25, 0.3) is 5.91 Å².